The SMILES string of the molecule is CC(C)(CNC(=O)[C@@H]1CCC[C@H](NC(=O)OCC2c3ccccc3-c3ccccc32)C1)C(=O)O. The highest BCUT2D eigenvalue weighted by molar-refractivity contribution is 5.81. The second-order valence-electron chi connectivity index (χ2n) is 9.94. The molecule has 0 radical (unpaired) electrons. The summed E-state index contributed by atoms with van der Waals surface area (Å²) >= 11 is 0. The van der Waals surface area contributed by atoms with Crippen molar-refractivity contribution >= 4 is 18.0 Å². The van der Waals surface area contributed by atoms with E-state index in [1.807, 2.05) is 24.3 Å². The molecule has 2 aromatic rings. The summed E-state index contributed by atoms with van der Waals surface area (Å²) in [7, 11) is 0. The van der Waals surface area contributed by atoms with Gasteiger partial charge in [-0.1, -0.05) is 55.0 Å². The van der Waals surface area contributed by atoms with Gasteiger partial charge in [-0.05, 0) is 55.4 Å². The first kappa shape index (κ1) is 23.8. The van der Waals surface area contributed by atoms with Gasteiger partial charge < -0.3 is 20.5 Å². The third-order valence-corrected chi connectivity index (χ3v) is 6.99. The van der Waals surface area contributed by atoms with Crippen molar-refractivity contribution in [1.29, 1.82) is 0 Å². The Morgan fingerprint density at radius 2 is 1.62 bits per heavy atom. The number of ether oxygens (including phenoxy) is 1. The molecule has 0 aromatic heterocycles. The maximum atomic E-state index is 12.6. The number of aliphatic carboxylic acids is 1. The Kier molecular flexibility index (Phi) is 6.91. The Hall–Kier alpha value is -3.35. The van der Waals surface area contributed by atoms with E-state index >= 15 is 0 Å². The number of rotatable bonds is 7. The summed E-state index contributed by atoms with van der Waals surface area (Å²) in [4.78, 5) is 36.4. The number of carboxylic acid groups (broad SMARTS) is 1. The molecule has 2 aliphatic carbocycles. The Labute approximate surface area is 199 Å². The molecular formula is C27H32N2O5. The third kappa shape index (κ3) is 5.08. The number of fused-ring (bicyclic) bond motifs is 3. The summed E-state index contributed by atoms with van der Waals surface area (Å²) in [5.41, 5.74) is 3.66. The summed E-state index contributed by atoms with van der Waals surface area (Å²) in [5.74, 6) is -1.36. The van der Waals surface area contributed by atoms with Gasteiger partial charge in [-0.3, -0.25) is 9.59 Å². The van der Waals surface area contributed by atoms with Crippen LogP contribution in [-0.4, -0.2) is 42.3 Å². The van der Waals surface area contributed by atoms with Crippen LogP contribution in [0.2, 0.25) is 0 Å². The lowest BCUT2D eigenvalue weighted by Gasteiger charge is -2.30. The van der Waals surface area contributed by atoms with Crippen molar-refractivity contribution in [2.75, 3.05) is 13.2 Å². The van der Waals surface area contributed by atoms with Crippen LogP contribution in [0.1, 0.15) is 56.6 Å². The lowest BCUT2D eigenvalue weighted by atomic mass is 9.84. The summed E-state index contributed by atoms with van der Waals surface area (Å²) in [5, 5.41) is 14.9. The van der Waals surface area contributed by atoms with E-state index in [2.05, 4.69) is 34.9 Å². The highest BCUT2D eigenvalue weighted by Crippen LogP contribution is 2.44. The van der Waals surface area contributed by atoms with Crippen LogP contribution < -0.4 is 10.6 Å². The van der Waals surface area contributed by atoms with Crippen LogP contribution in [0, 0.1) is 11.3 Å². The molecule has 2 aromatic carbocycles. The molecule has 2 amide bonds. The van der Waals surface area contributed by atoms with Gasteiger partial charge in [-0.2, -0.15) is 0 Å². The van der Waals surface area contributed by atoms with Crippen molar-refractivity contribution in [3.63, 3.8) is 0 Å². The van der Waals surface area contributed by atoms with Crippen LogP contribution >= 0.6 is 0 Å². The molecule has 4 rings (SSSR count). The van der Waals surface area contributed by atoms with Gasteiger partial charge in [0.15, 0.2) is 0 Å². The van der Waals surface area contributed by atoms with Crippen molar-refractivity contribution in [2.24, 2.45) is 11.3 Å². The van der Waals surface area contributed by atoms with Gasteiger partial charge in [0.1, 0.15) is 6.61 Å². The quantitative estimate of drug-likeness (QED) is 0.566. The maximum Gasteiger partial charge on any atom is 0.407 e. The predicted octanol–water partition coefficient (Wildman–Crippen LogP) is 4.31. The Balaban J connectivity index is 1.30. The number of amides is 2. The molecule has 0 unspecified atom stereocenters. The molecule has 7 nitrogen and oxygen atoms in total. The van der Waals surface area contributed by atoms with Gasteiger partial charge in [-0.25, -0.2) is 4.79 Å². The van der Waals surface area contributed by atoms with Gasteiger partial charge >= 0.3 is 12.1 Å². The third-order valence-electron chi connectivity index (χ3n) is 6.99. The van der Waals surface area contributed by atoms with Gasteiger partial charge in [0.2, 0.25) is 5.91 Å². The zero-order valence-electron chi connectivity index (χ0n) is 19.7. The van der Waals surface area contributed by atoms with E-state index < -0.39 is 17.5 Å². The van der Waals surface area contributed by atoms with Crippen LogP contribution in [0.3, 0.4) is 0 Å². The summed E-state index contributed by atoms with van der Waals surface area (Å²) in [6.45, 7) is 3.49. The Morgan fingerprint density at radius 1 is 1.00 bits per heavy atom. The van der Waals surface area contributed by atoms with Crippen molar-refractivity contribution in [3.05, 3.63) is 59.7 Å². The minimum atomic E-state index is -1.02. The zero-order valence-corrected chi connectivity index (χ0v) is 19.7. The number of benzene rings is 2. The smallest absolute Gasteiger partial charge is 0.407 e. The fourth-order valence-corrected chi connectivity index (χ4v) is 4.89. The summed E-state index contributed by atoms with van der Waals surface area (Å²) in [6, 6.07) is 16.2. The fraction of sp³-hybridized carbons (Fsp3) is 0.444. The van der Waals surface area contributed by atoms with Gasteiger partial charge in [0.25, 0.3) is 0 Å². The van der Waals surface area contributed by atoms with E-state index in [1.54, 1.807) is 13.8 Å². The number of nitrogens with one attached hydrogen (secondary N) is 2. The highest BCUT2D eigenvalue weighted by Gasteiger charge is 2.33. The van der Waals surface area contributed by atoms with E-state index in [0.29, 0.717) is 6.42 Å². The maximum absolute atomic E-state index is 12.6. The lowest BCUT2D eigenvalue weighted by Crippen LogP contribution is -2.45. The van der Waals surface area contributed by atoms with Gasteiger partial charge in [0.05, 0.1) is 5.41 Å². The largest absolute Gasteiger partial charge is 0.481 e. The van der Waals surface area contributed by atoms with Crippen molar-refractivity contribution in [2.45, 2.75) is 51.5 Å². The molecule has 0 bridgehead atoms. The van der Waals surface area contributed by atoms with Crippen LogP contribution in [0.4, 0.5) is 4.79 Å². The van der Waals surface area contributed by atoms with E-state index in [4.69, 9.17) is 4.74 Å². The van der Waals surface area contributed by atoms with Crippen LogP contribution in [0.25, 0.3) is 11.1 Å². The molecule has 0 saturated heterocycles. The topological polar surface area (TPSA) is 105 Å². The fourth-order valence-electron chi connectivity index (χ4n) is 4.89. The second-order valence-corrected chi connectivity index (χ2v) is 9.94. The minimum Gasteiger partial charge on any atom is -0.481 e. The van der Waals surface area contributed by atoms with Crippen LogP contribution in [-0.2, 0) is 14.3 Å². The standard InChI is InChI=1S/C27H32N2O5/c1-27(2,25(31)32)16-28-24(30)17-8-7-9-18(14-17)29-26(33)34-15-23-21-12-5-3-10-19(21)20-11-4-6-13-22(20)23/h3-6,10-13,17-18,23H,7-9,14-16H2,1-2H3,(H,28,30)(H,29,33)(H,31,32)/t17-,18+/m1/s1. The molecule has 3 N–H and O–H groups in total. The van der Waals surface area contributed by atoms with E-state index in [9.17, 15) is 19.5 Å². The number of carboxylic acids is 1. The highest BCUT2D eigenvalue weighted by atomic mass is 16.5. The minimum absolute atomic E-state index is 0.000576. The van der Waals surface area contributed by atoms with E-state index in [-0.39, 0.29) is 36.9 Å². The molecule has 34 heavy (non-hydrogen) atoms. The number of alkyl carbamates (subject to hydrolysis) is 1. The van der Waals surface area contributed by atoms with E-state index in [0.717, 1.165) is 30.4 Å². The zero-order chi connectivity index (χ0) is 24.3. The molecule has 2 aliphatic rings. The first-order valence-electron chi connectivity index (χ1n) is 11.9. The first-order valence-corrected chi connectivity index (χ1v) is 11.9. The Morgan fingerprint density at radius 3 is 2.24 bits per heavy atom. The number of hydrogen-bond donors (Lipinski definition) is 3. The average Bonchev–Trinajstić information content (AvgIpc) is 3.15. The summed E-state index contributed by atoms with van der Waals surface area (Å²) in [6.07, 6.45) is 2.37. The normalized spacial score (nSPS) is 19.6. The van der Waals surface area contributed by atoms with Gasteiger partial charge in [0, 0.05) is 24.4 Å². The molecular weight excluding hydrogens is 432 g/mol. The van der Waals surface area contributed by atoms with Crippen molar-refractivity contribution in [1.82, 2.24) is 10.6 Å². The first-order chi connectivity index (χ1) is 16.3. The molecule has 7 heteroatoms. The molecule has 0 aliphatic heterocycles. The molecule has 180 valence electrons. The number of carbonyl (C=O) groups excluding carboxylic acids is 2. The molecule has 1 fully saturated rings. The number of carbonyl (C=O) groups is 3. The van der Waals surface area contributed by atoms with Crippen LogP contribution in [0.15, 0.2) is 48.5 Å². The monoisotopic (exact) mass is 464 g/mol. The van der Waals surface area contributed by atoms with Crippen LogP contribution in [0.5, 0.6) is 0 Å². The molecule has 0 heterocycles. The number of hydrogen-bond acceptors (Lipinski definition) is 4. The van der Waals surface area contributed by atoms with Crippen molar-refractivity contribution < 1.29 is 24.2 Å². The Bertz CT molecular complexity index is 1030. The van der Waals surface area contributed by atoms with E-state index in [1.165, 1.54) is 11.1 Å². The van der Waals surface area contributed by atoms with Crippen molar-refractivity contribution in [3.8, 4) is 11.1 Å². The summed E-state index contributed by atoms with van der Waals surface area (Å²) < 4.78 is 5.64. The molecule has 1 saturated carbocycles. The molecule has 2 atom stereocenters. The predicted molar refractivity (Wildman–Crippen MR) is 128 cm³/mol. The average molecular weight is 465 g/mol. The van der Waals surface area contributed by atoms with Gasteiger partial charge in [-0.15, -0.1) is 0 Å². The molecule has 0 spiro atoms. The second kappa shape index (κ2) is 9.87. The lowest BCUT2D eigenvalue weighted by molar-refractivity contribution is -0.147.